The topological polar surface area (TPSA) is 56.9 Å². The molecule has 1 amide bonds. The Morgan fingerprint density at radius 1 is 1.33 bits per heavy atom. The van der Waals surface area contributed by atoms with Gasteiger partial charge in [-0.25, -0.2) is 0 Å². The number of benzene rings is 1. The van der Waals surface area contributed by atoms with Crippen LogP contribution in [0.3, 0.4) is 0 Å². The van der Waals surface area contributed by atoms with Gasteiger partial charge in [-0.2, -0.15) is 0 Å². The van der Waals surface area contributed by atoms with Crippen molar-refractivity contribution in [3.63, 3.8) is 0 Å². The molecule has 0 unspecified atom stereocenters. The molecule has 1 aliphatic rings. The first kappa shape index (κ1) is 14.1. The fourth-order valence-corrected chi connectivity index (χ4v) is 2.82. The van der Waals surface area contributed by atoms with E-state index in [0.29, 0.717) is 26.2 Å². The van der Waals surface area contributed by atoms with Crippen LogP contribution in [0.15, 0.2) is 34.7 Å². The molecule has 0 spiro atoms. The minimum absolute atomic E-state index is 0.0136. The monoisotopic (exact) mass is 288 g/mol. The highest BCUT2D eigenvalue weighted by atomic mass is 16.3. The van der Waals surface area contributed by atoms with Crippen LogP contribution < -0.4 is 0 Å². The number of β-amino-alcohol motifs (C(OH)–C–C–N with tert-alkyl or cyclic N) is 1. The summed E-state index contributed by atoms with van der Waals surface area (Å²) in [5.74, 6) is 0.902. The van der Waals surface area contributed by atoms with Gasteiger partial charge in [-0.3, -0.25) is 9.69 Å². The maximum Gasteiger partial charge on any atom is 0.219 e. The maximum atomic E-state index is 11.5. The van der Waals surface area contributed by atoms with E-state index in [0.717, 1.165) is 23.3 Å². The number of nitrogens with zero attached hydrogens (tertiary/aromatic N) is 2. The fraction of sp³-hybridized carbons (Fsp3) is 0.438. The molecule has 1 fully saturated rings. The van der Waals surface area contributed by atoms with Crippen LogP contribution in [0.4, 0.5) is 0 Å². The van der Waals surface area contributed by atoms with Crippen LogP contribution in [0.25, 0.3) is 11.0 Å². The average molecular weight is 288 g/mol. The van der Waals surface area contributed by atoms with Crippen molar-refractivity contribution in [2.75, 3.05) is 26.2 Å². The molecule has 1 N–H and O–H groups in total. The Bertz CT molecular complexity index is 604. The Morgan fingerprint density at radius 2 is 2.14 bits per heavy atom. The smallest absolute Gasteiger partial charge is 0.219 e. The van der Waals surface area contributed by atoms with Crippen molar-refractivity contribution >= 4 is 16.9 Å². The van der Waals surface area contributed by atoms with Gasteiger partial charge in [-0.1, -0.05) is 18.2 Å². The molecule has 2 aromatic rings. The first-order chi connectivity index (χ1) is 10.1. The van der Waals surface area contributed by atoms with E-state index in [9.17, 15) is 9.90 Å². The Balaban J connectivity index is 1.70. The molecule has 0 radical (unpaired) electrons. The van der Waals surface area contributed by atoms with Crippen LogP contribution in [0, 0.1) is 0 Å². The lowest BCUT2D eigenvalue weighted by Gasteiger charge is -2.19. The van der Waals surface area contributed by atoms with Gasteiger partial charge in [0.25, 0.3) is 0 Å². The molecule has 2 heterocycles. The van der Waals surface area contributed by atoms with Gasteiger partial charge in [0.1, 0.15) is 11.3 Å². The predicted molar refractivity (Wildman–Crippen MR) is 79.8 cm³/mol. The summed E-state index contributed by atoms with van der Waals surface area (Å²) >= 11 is 0. The van der Waals surface area contributed by atoms with Crippen molar-refractivity contribution in [2.24, 2.45) is 0 Å². The molecule has 1 atom stereocenters. The number of carbonyl (C=O) groups excluding carboxylic acids is 1. The number of hydrogen-bond acceptors (Lipinski definition) is 4. The van der Waals surface area contributed by atoms with Crippen LogP contribution in [0.5, 0.6) is 0 Å². The lowest BCUT2D eigenvalue weighted by molar-refractivity contribution is -0.129. The summed E-state index contributed by atoms with van der Waals surface area (Å²) in [6.07, 6.45) is -0.513. The molecule has 0 saturated carbocycles. The van der Waals surface area contributed by atoms with Crippen molar-refractivity contribution in [3.8, 4) is 0 Å². The van der Waals surface area contributed by atoms with Crippen LogP contribution in [-0.4, -0.2) is 53.1 Å². The minimum atomic E-state index is -0.513. The van der Waals surface area contributed by atoms with E-state index < -0.39 is 6.10 Å². The van der Waals surface area contributed by atoms with Crippen LogP contribution in [-0.2, 0) is 11.3 Å². The lowest BCUT2D eigenvalue weighted by Crippen LogP contribution is -2.36. The molecule has 112 valence electrons. The molecule has 0 aliphatic carbocycles. The van der Waals surface area contributed by atoms with Gasteiger partial charge in [-0.15, -0.1) is 0 Å². The number of fused-ring (bicyclic) bond motifs is 1. The average Bonchev–Trinajstić information content (AvgIpc) is 2.75. The summed E-state index contributed by atoms with van der Waals surface area (Å²) in [4.78, 5) is 15.3. The largest absolute Gasteiger partial charge is 0.460 e. The van der Waals surface area contributed by atoms with Crippen LogP contribution in [0.1, 0.15) is 12.7 Å². The first-order valence-corrected chi connectivity index (χ1v) is 7.25. The van der Waals surface area contributed by atoms with E-state index in [1.165, 1.54) is 0 Å². The summed E-state index contributed by atoms with van der Waals surface area (Å²) < 4.78 is 5.82. The van der Waals surface area contributed by atoms with E-state index in [1.807, 2.05) is 30.3 Å². The molecule has 1 aliphatic heterocycles. The Kier molecular flexibility index (Phi) is 3.94. The van der Waals surface area contributed by atoms with Crippen molar-refractivity contribution in [1.29, 1.82) is 0 Å². The van der Waals surface area contributed by atoms with Gasteiger partial charge in [0.05, 0.1) is 12.6 Å². The SMILES string of the molecule is CC(=O)N1CCN(Cc2cc3ccccc3o2)C[C@@H](O)C1. The highest BCUT2D eigenvalue weighted by Crippen LogP contribution is 2.20. The summed E-state index contributed by atoms with van der Waals surface area (Å²) in [5, 5.41) is 11.1. The third-order valence-electron chi connectivity index (χ3n) is 3.89. The van der Waals surface area contributed by atoms with Crippen molar-refractivity contribution in [2.45, 2.75) is 19.6 Å². The second-order valence-corrected chi connectivity index (χ2v) is 5.60. The van der Waals surface area contributed by atoms with Crippen LogP contribution >= 0.6 is 0 Å². The molecule has 0 bridgehead atoms. The molecule has 5 heteroatoms. The fourth-order valence-electron chi connectivity index (χ4n) is 2.82. The Labute approximate surface area is 123 Å². The molecular formula is C16H20N2O3. The van der Waals surface area contributed by atoms with Crippen molar-refractivity contribution in [3.05, 3.63) is 36.1 Å². The molecule has 1 aromatic heterocycles. The number of amides is 1. The molecule has 1 aromatic carbocycles. The van der Waals surface area contributed by atoms with Gasteiger partial charge in [0, 0.05) is 38.5 Å². The summed E-state index contributed by atoms with van der Waals surface area (Å²) in [6, 6.07) is 9.96. The molecule has 21 heavy (non-hydrogen) atoms. The first-order valence-electron chi connectivity index (χ1n) is 7.25. The Morgan fingerprint density at radius 3 is 2.90 bits per heavy atom. The highest BCUT2D eigenvalue weighted by molar-refractivity contribution is 5.77. The minimum Gasteiger partial charge on any atom is -0.460 e. The summed E-state index contributed by atoms with van der Waals surface area (Å²) in [6.45, 7) is 4.55. The number of hydrogen-bond donors (Lipinski definition) is 1. The van der Waals surface area contributed by atoms with E-state index in [2.05, 4.69) is 4.90 Å². The molecule has 3 rings (SSSR count). The van der Waals surface area contributed by atoms with Gasteiger partial charge >= 0.3 is 0 Å². The number of para-hydroxylation sites is 1. The number of aliphatic hydroxyl groups is 1. The summed E-state index contributed by atoms with van der Waals surface area (Å²) in [5.41, 5.74) is 0.883. The number of rotatable bonds is 2. The second kappa shape index (κ2) is 5.87. The highest BCUT2D eigenvalue weighted by Gasteiger charge is 2.23. The standard InChI is InChI=1S/C16H20N2O3/c1-12(19)18-7-6-17(9-14(20)10-18)11-15-8-13-4-2-3-5-16(13)21-15/h2-5,8,14,20H,6-7,9-11H2,1H3/t14-/m1/s1. The van der Waals surface area contributed by atoms with Gasteiger partial charge in [0.15, 0.2) is 0 Å². The van der Waals surface area contributed by atoms with Crippen molar-refractivity contribution in [1.82, 2.24) is 9.80 Å². The van der Waals surface area contributed by atoms with E-state index >= 15 is 0 Å². The quantitative estimate of drug-likeness (QED) is 0.909. The maximum absolute atomic E-state index is 11.5. The third-order valence-corrected chi connectivity index (χ3v) is 3.89. The van der Waals surface area contributed by atoms with Gasteiger partial charge in [0.2, 0.25) is 5.91 Å². The van der Waals surface area contributed by atoms with Gasteiger partial charge in [-0.05, 0) is 12.1 Å². The van der Waals surface area contributed by atoms with Gasteiger partial charge < -0.3 is 14.4 Å². The molecule has 1 saturated heterocycles. The molecular weight excluding hydrogens is 268 g/mol. The van der Waals surface area contributed by atoms with E-state index in [1.54, 1.807) is 11.8 Å². The molecule has 5 nitrogen and oxygen atoms in total. The number of furan rings is 1. The Hall–Kier alpha value is -1.85. The normalized spacial score (nSPS) is 20.7. The van der Waals surface area contributed by atoms with E-state index in [-0.39, 0.29) is 5.91 Å². The van der Waals surface area contributed by atoms with E-state index in [4.69, 9.17) is 4.42 Å². The number of aliphatic hydroxyl groups excluding tert-OH is 1. The zero-order valence-corrected chi connectivity index (χ0v) is 12.2. The zero-order valence-electron chi connectivity index (χ0n) is 12.2. The number of carbonyl (C=O) groups is 1. The lowest BCUT2D eigenvalue weighted by atomic mass is 10.2. The van der Waals surface area contributed by atoms with Crippen LogP contribution in [0.2, 0.25) is 0 Å². The second-order valence-electron chi connectivity index (χ2n) is 5.60. The third kappa shape index (κ3) is 3.25. The predicted octanol–water partition coefficient (Wildman–Crippen LogP) is 1.46. The zero-order chi connectivity index (χ0) is 14.8. The van der Waals surface area contributed by atoms with Crippen molar-refractivity contribution < 1.29 is 14.3 Å². The summed E-state index contributed by atoms with van der Waals surface area (Å²) in [7, 11) is 0.